The molecule has 0 aliphatic rings. The van der Waals surface area contributed by atoms with Crippen LogP contribution < -0.4 is 14.8 Å². The fourth-order valence-electron chi connectivity index (χ4n) is 2.00. The molecule has 1 atom stereocenters. The Kier molecular flexibility index (Phi) is 5.95. The zero-order valence-corrected chi connectivity index (χ0v) is 12.0. The van der Waals surface area contributed by atoms with Crippen molar-refractivity contribution in [2.75, 3.05) is 41.4 Å². The van der Waals surface area contributed by atoms with Crippen molar-refractivity contribution in [1.29, 1.82) is 0 Å². The van der Waals surface area contributed by atoms with Gasteiger partial charge in [0.25, 0.3) is 0 Å². The van der Waals surface area contributed by atoms with Gasteiger partial charge in [-0.3, -0.25) is 4.90 Å². The Morgan fingerprint density at radius 1 is 1.22 bits per heavy atom. The predicted octanol–water partition coefficient (Wildman–Crippen LogP) is 1.92. The van der Waals surface area contributed by atoms with E-state index in [9.17, 15) is 0 Å². The summed E-state index contributed by atoms with van der Waals surface area (Å²) >= 11 is 0. The molecular formula is C14H24N2O2. The molecule has 4 heteroatoms. The van der Waals surface area contributed by atoms with E-state index in [-0.39, 0.29) is 0 Å². The Bertz CT molecular complexity index is 369. The van der Waals surface area contributed by atoms with Crippen molar-refractivity contribution in [2.45, 2.75) is 13.0 Å². The maximum atomic E-state index is 5.35. The van der Waals surface area contributed by atoms with Gasteiger partial charge in [0.05, 0.1) is 14.2 Å². The largest absolute Gasteiger partial charge is 0.493 e. The number of methoxy groups -OCH3 is 2. The van der Waals surface area contributed by atoms with Gasteiger partial charge in [-0.05, 0) is 38.3 Å². The minimum Gasteiger partial charge on any atom is -0.493 e. The molecule has 1 N–H and O–H groups in total. The van der Waals surface area contributed by atoms with Crippen LogP contribution in [0.4, 0.5) is 0 Å². The predicted molar refractivity (Wildman–Crippen MR) is 74.5 cm³/mol. The summed E-state index contributed by atoms with van der Waals surface area (Å²) < 4.78 is 10.6. The smallest absolute Gasteiger partial charge is 0.161 e. The first-order valence-corrected chi connectivity index (χ1v) is 6.24. The van der Waals surface area contributed by atoms with Gasteiger partial charge in [-0.2, -0.15) is 0 Å². The molecule has 0 radical (unpaired) electrons. The third-order valence-electron chi connectivity index (χ3n) is 3.22. The van der Waals surface area contributed by atoms with Crippen molar-refractivity contribution >= 4 is 0 Å². The summed E-state index contributed by atoms with van der Waals surface area (Å²) in [6.07, 6.45) is 0. The van der Waals surface area contributed by atoms with Crippen LogP contribution in [-0.2, 0) is 0 Å². The molecule has 4 nitrogen and oxygen atoms in total. The fourth-order valence-corrected chi connectivity index (χ4v) is 2.00. The lowest BCUT2D eigenvalue weighted by Gasteiger charge is -2.27. The Hall–Kier alpha value is -1.26. The number of hydrogen-bond acceptors (Lipinski definition) is 4. The minimum atomic E-state index is 0.333. The van der Waals surface area contributed by atoms with Gasteiger partial charge in [-0.1, -0.05) is 13.0 Å². The van der Waals surface area contributed by atoms with E-state index in [1.165, 1.54) is 5.56 Å². The van der Waals surface area contributed by atoms with E-state index in [0.29, 0.717) is 6.04 Å². The van der Waals surface area contributed by atoms with Crippen LogP contribution in [0.3, 0.4) is 0 Å². The van der Waals surface area contributed by atoms with Gasteiger partial charge >= 0.3 is 0 Å². The van der Waals surface area contributed by atoms with Crippen molar-refractivity contribution in [2.24, 2.45) is 0 Å². The number of nitrogens with one attached hydrogen (secondary N) is 1. The van der Waals surface area contributed by atoms with Crippen molar-refractivity contribution in [3.63, 3.8) is 0 Å². The zero-order chi connectivity index (χ0) is 13.5. The van der Waals surface area contributed by atoms with E-state index >= 15 is 0 Å². The lowest BCUT2D eigenvalue weighted by Crippen LogP contribution is -2.31. The molecule has 0 heterocycles. The average Bonchev–Trinajstić information content (AvgIpc) is 2.43. The summed E-state index contributed by atoms with van der Waals surface area (Å²) in [5.74, 6) is 1.55. The number of likely N-dealkylation sites (N-methyl/N-ethyl adjacent to an activating group) is 2. The maximum Gasteiger partial charge on any atom is 0.161 e. The molecule has 0 aliphatic heterocycles. The minimum absolute atomic E-state index is 0.333. The third kappa shape index (κ3) is 3.37. The molecule has 0 saturated heterocycles. The molecule has 0 saturated carbocycles. The van der Waals surface area contributed by atoms with Crippen LogP contribution in [0.5, 0.6) is 11.5 Å². The molecule has 0 aliphatic carbocycles. The Morgan fingerprint density at radius 3 is 2.39 bits per heavy atom. The first-order valence-electron chi connectivity index (χ1n) is 6.24. The first-order chi connectivity index (χ1) is 8.67. The first kappa shape index (κ1) is 14.8. The average molecular weight is 252 g/mol. The number of hydrogen-bond donors (Lipinski definition) is 1. The van der Waals surface area contributed by atoms with Gasteiger partial charge < -0.3 is 14.8 Å². The molecule has 1 aromatic carbocycles. The van der Waals surface area contributed by atoms with E-state index in [4.69, 9.17) is 9.47 Å². The second-order valence-electron chi connectivity index (χ2n) is 4.26. The van der Waals surface area contributed by atoms with Gasteiger partial charge in [0, 0.05) is 12.6 Å². The molecule has 0 spiro atoms. The van der Waals surface area contributed by atoms with E-state index < -0.39 is 0 Å². The zero-order valence-electron chi connectivity index (χ0n) is 12.0. The third-order valence-corrected chi connectivity index (χ3v) is 3.22. The van der Waals surface area contributed by atoms with Crippen LogP contribution in [0.1, 0.15) is 18.5 Å². The molecule has 0 aromatic heterocycles. The highest BCUT2D eigenvalue weighted by molar-refractivity contribution is 5.43. The van der Waals surface area contributed by atoms with Crippen molar-refractivity contribution < 1.29 is 9.47 Å². The quantitative estimate of drug-likeness (QED) is 0.804. The molecular weight excluding hydrogens is 228 g/mol. The molecule has 1 unspecified atom stereocenters. The highest BCUT2D eigenvalue weighted by Gasteiger charge is 2.17. The molecule has 0 bridgehead atoms. The van der Waals surface area contributed by atoms with Crippen LogP contribution in [0.25, 0.3) is 0 Å². The summed E-state index contributed by atoms with van der Waals surface area (Å²) in [5, 5.41) is 3.23. The highest BCUT2D eigenvalue weighted by atomic mass is 16.5. The summed E-state index contributed by atoms with van der Waals surface area (Å²) in [6.45, 7) is 4.06. The second-order valence-corrected chi connectivity index (χ2v) is 4.26. The fraction of sp³-hybridized carbons (Fsp3) is 0.571. The molecule has 1 rings (SSSR count). The van der Waals surface area contributed by atoms with Crippen molar-refractivity contribution in [3.8, 4) is 11.5 Å². The molecule has 0 amide bonds. The standard InChI is InChI=1S/C14H24N2O2/c1-6-16(3)12(10-15-2)11-7-8-13(17-4)14(9-11)18-5/h7-9,12,15H,6,10H2,1-5H3. The number of benzene rings is 1. The Labute approximate surface area is 110 Å². The van der Waals surface area contributed by atoms with Crippen LogP contribution in [-0.4, -0.2) is 46.3 Å². The summed E-state index contributed by atoms with van der Waals surface area (Å²) in [5.41, 5.74) is 1.23. The van der Waals surface area contributed by atoms with Gasteiger partial charge in [0.15, 0.2) is 11.5 Å². The lowest BCUT2D eigenvalue weighted by molar-refractivity contribution is 0.252. The van der Waals surface area contributed by atoms with E-state index in [1.54, 1.807) is 14.2 Å². The topological polar surface area (TPSA) is 33.7 Å². The lowest BCUT2D eigenvalue weighted by atomic mass is 10.0. The second kappa shape index (κ2) is 7.24. The van der Waals surface area contributed by atoms with Crippen LogP contribution >= 0.6 is 0 Å². The van der Waals surface area contributed by atoms with Crippen molar-refractivity contribution in [3.05, 3.63) is 23.8 Å². The Balaban J connectivity index is 3.04. The van der Waals surface area contributed by atoms with Crippen LogP contribution in [0.2, 0.25) is 0 Å². The van der Waals surface area contributed by atoms with Crippen LogP contribution in [0, 0.1) is 0 Å². The van der Waals surface area contributed by atoms with E-state index in [1.807, 2.05) is 19.2 Å². The van der Waals surface area contributed by atoms with E-state index in [0.717, 1.165) is 24.6 Å². The number of ether oxygens (including phenoxy) is 2. The molecule has 102 valence electrons. The van der Waals surface area contributed by atoms with E-state index in [2.05, 4.69) is 30.3 Å². The highest BCUT2D eigenvalue weighted by Crippen LogP contribution is 2.31. The number of nitrogens with zero attached hydrogens (tertiary/aromatic N) is 1. The SMILES string of the molecule is CCN(C)C(CNC)c1ccc(OC)c(OC)c1. The monoisotopic (exact) mass is 252 g/mol. The summed E-state index contributed by atoms with van der Waals surface area (Å²) in [4.78, 5) is 2.30. The van der Waals surface area contributed by atoms with Gasteiger partial charge in [-0.15, -0.1) is 0 Å². The van der Waals surface area contributed by atoms with Gasteiger partial charge in [0.1, 0.15) is 0 Å². The maximum absolute atomic E-state index is 5.35. The molecule has 0 fully saturated rings. The number of rotatable bonds is 7. The summed E-state index contributed by atoms with van der Waals surface area (Å²) in [6, 6.07) is 6.43. The van der Waals surface area contributed by atoms with Gasteiger partial charge in [-0.25, -0.2) is 0 Å². The Morgan fingerprint density at radius 2 is 1.89 bits per heavy atom. The normalized spacial score (nSPS) is 12.6. The van der Waals surface area contributed by atoms with Crippen LogP contribution in [0.15, 0.2) is 18.2 Å². The molecule has 18 heavy (non-hydrogen) atoms. The summed E-state index contributed by atoms with van der Waals surface area (Å²) in [7, 11) is 7.41. The van der Waals surface area contributed by atoms with Crippen molar-refractivity contribution in [1.82, 2.24) is 10.2 Å². The molecule has 1 aromatic rings. The van der Waals surface area contributed by atoms with Gasteiger partial charge in [0.2, 0.25) is 0 Å².